The summed E-state index contributed by atoms with van der Waals surface area (Å²) in [6.07, 6.45) is 3.79. The Hall–Kier alpha value is -0.330. The van der Waals surface area contributed by atoms with E-state index in [0.717, 1.165) is 26.1 Å². The van der Waals surface area contributed by atoms with E-state index < -0.39 is 0 Å². The maximum atomic E-state index is 11.6. The van der Waals surface area contributed by atoms with Gasteiger partial charge in [-0.2, -0.15) is 0 Å². The molecular formula is C15H27Cl2N3OS. The number of halogens is 2. The number of amides is 1. The highest BCUT2D eigenvalue weighted by Gasteiger charge is 2.20. The minimum Gasteiger partial charge on any atom is -0.356 e. The van der Waals surface area contributed by atoms with Crippen LogP contribution in [0.15, 0.2) is 17.5 Å². The van der Waals surface area contributed by atoms with Crippen molar-refractivity contribution in [2.24, 2.45) is 11.7 Å². The first-order chi connectivity index (χ1) is 9.78. The quantitative estimate of drug-likeness (QED) is 0.778. The third-order valence-electron chi connectivity index (χ3n) is 3.76. The first kappa shape index (κ1) is 21.7. The van der Waals surface area contributed by atoms with E-state index in [4.69, 9.17) is 5.73 Å². The van der Waals surface area contributed by atoms with E-state index in [9.17, 15) is 4.79 Å². The summed E-state index contributed by atoms with van der Waals surface area (Å²) < 4.78 is 0. The van der Waals surface area contributed by atoms with E-state index in [1.54, 1.807) is 0 Å². The average Bonchev–Trinajstić information content (AvgIpc) is 2.96. The first-order valence-corrected chi connectivity index (χ1v) is 8.37. The van der Waals surface area contributed by atoms with Crippen LogP contribution in [-0.4, -0.2) is 37.0 Å². The van der Waals surface area contributed by atoms with Crippen LogP contribution in [-0.2, 0) is 11.3 Å². The van der Waals surface area contributed by atoms with Crippen LogP contribution in [0.5, 0.6) is 0 Å². The molecule has 1 aromatic rings. The number of nitrogens with one attached hydrogen (secondary N) is 1. The average molecular weight is 368 g/mol. The van der Waals surface area contributed by atoms with Crippen LogP contribution in [0.4, 0.5) is 0 Å². The number of hydrogen-bond donors (Lipinski definition) is 2. The molecule has 1 fully saturated rings. The molecule has 1 saturated heterocycles. The summed E-state index contributed by atoms with van der Waals surface area (Å²) in [4.78, 5) is 15.5. The summed E-state index contributed by atoms with van der Waals surface area (Å²) in [7, 11) is 0. The van der Waals surface area contributed by atoms with Crippen molar-refractivity contribution in [3.05, 3.63) is 22.4 Å². The maximum absolute atomic E-state index is 11.6. The Morgan fingerprint density at radius 1 is 1.45 bits per heavy atom. The normalized spacial score (nSPS) is 18.1. The van der Waals surface area contributed by atoms with Gasteiger partial charge in [0.25, 0.3) is 0 Å². The number of likely N-dealkylation sites (tertiary alicyclic amines) is 1. The van der Waals surface area contributed by atoms with Gasteiger partial charge in [-0.05, 0) is 49.7 Å². The lowest BCUT2D eigenvalue weighted by Crippen LogP contribution is -2.40. The van der Waals surface area contributed by atoms with Crippen LogP contribution in [0.2, 0.25) is 0 Å². The van der Waals surface area contributed by atoms with Gasteiger partial charge in [0, 0.05) is 30.9 Å². The van der Waals surface area contributed by atoms with Crippen molar-refractivity contribution in [2.45, 2.75) is 32.2 Å². The standard InChI is InChI=1S/C15H25N3OS.2ClH/c16-7-1-6-15(19)17-10-13-4-2-8-18(11-13)12-14-5-3-9-20-14;;/h3,5,9,13H,1-2,4,6-8,10-12,16H2,(H,17,19);2*1H. The van der Waals surface area contributed by atoms with Crippen molar-refractivity contribution in [1.82, 2.24) is 10.2 Å². The van der Waals surface area contributed by atoms with E-state index in [-0.39, 0.29) is 30.7 Å². The fraction of sp³-hybridized carbons (Fsp3) is 0.667. The van der Waals surface area contributed by atoms with E-state index >= 15 is 0 Å². The van der Waals surface area contributed by atoms with Gasteiger partial charge < -0.3 is 11.1 Å². The molecule has 2 rings (SSSR count). The number of nitrogens with zero attached hydrogens (tertiary/aromatic N) is 1. The topological polar surface area (TPSA) is 58.4 Å². The number of carbonyl (C=O) groups is 1. The van der Waals surface area contributed by atoms with Gasteiger partial charge in [0.1, 0.15) is 0 Å². The Morgan fingerprint density at radius 2 is 2.27 bits per heavy atom. The fourth-order valence-corrected chi connectivity index (χ4v) is 3.44. The number of thiophene rings is 1. The predicted molar refractivity (Wildman–Crippen MR) is 98.1 cm³/mol. The molecule has 0 aromatic carbocycles. The summed E-state index contributed by atoms with van der Waals surface area (Å²) >= 11 is 1.82. The summed E-state index contributed by atoms with van der Waals surface area (Å²) in [5, 5.41) is 5.18. The molecule has 22 heavy (non-hydrogen) atoms. The number of piperidine rings is 1. The molecule has 1 atom stereocenters. The lowest BCUT2D eigenvalue weighted by molar-refractivity contribution is -0.121. The number of rotatable bonds is 7. The molecule has 1 amide bonds. The minimum atomic E-state index is 0. The molecule has 0 radical (unpaired) electrons. The van der Waals surface area contributed by atoms with Gasteiger partial charge in [-0.1, -0.05) is 6.07 Å². The molecule has 3 N–H and O–H groups in total. The Kier molecular flexibility index (Phi) is 12.0. The molecule has 0 bridgehead atoms. The SMILES string of the molecule is Cl.Cl.NCCCC(=O)NCC1CCCN(Cc2cccs2)C1. The molecule has 0 spiro atoms. The van der Waals surface area contributed by atoms with Crippen LogP contribution in [0.3, 0.4) is 0 Å². The molecule has 1 aromatic heterocycles. The first-order valence-electron chi connectivity index (χ1n) is 7.49. The smallest absolute Gasteiger partial charge is 0.220 e. The van der Waals surface area contributed by atoms with Crippen LogP contribution in [0.1, 0.15) is 30.6 Å². The van der Waals surface area contributed by atoms with Crippen LogP contribution in [0.25, 0.3) is 0 Å². The molecule has 0 aliphatic carbocycles. The van der Waals surface area contributed by atoms with Gasteiger partial charge in [0.05, 0.1) is 0 Å². The van der Waals surface area contributed by atoms with Crippen molar-refractivity contribution in [3.8, 4) is 0 Å². The Morgan fingerprint density at radius 3 is 2.95 bits per heavy atom. The lowest BCUT2D eigenvalue weighted by Gasteiger charge is -2.32. The van der Waals surface area contributed by atoms with Crippen molar-refractivity contribution in [3.63, 3.8) is 0 Å². The fourth-order valence-electron chi connectivity index (χ4n) is 2.69. The van der Waals surface area contributed by atoms with Crippen molar-refractivity contribution in [2.75, 3.05) is 26.2 Å². The van der Waals surface area contributed by atoms with Crippen molar-refractivity contribution < 1.29 is 4.79 Å². The molecule has 2 heterocycles. The Balaban J connectivity index is 0.00000220. The number of hydrogen-bond acceptors (Lipinski definition) is 4. The highest BCUT2D eigenvalue weighted by atomic mass is 35.5. The molecule has 1 aliphatic rings. The van der Waals surface area contributed by atoms with Gasteiger partial charge in [0.2, 0.25) is 5.91 Å². The zero-order valence-electron chi connectivity index (χ0n) is 12.8. The lowest BCUT2D eigenvalue weighted by atomic mass is 9.98. The van der Waals surface area contributed by atoms with Crippen molar-refractivity contribution >= 4 is 42.1 Å². The Bertz CT molecular complexity index is 404. The van der Waals surface area contributed by atoms with Crippen LogP contribution in [0, 0.1) is 5.92 Å². The van der Waals surface area contributed by atoms with E-state index in [1.165, 1.54) is 24.3 Å². The zero-order valence-corrected chi connectivity index (χ0v) is 15.3. The molecule has 1 aliphatic heterocycles. The largest absolute Gasteiger partial charge is 0.356 e. The molecule has 4 nitrogen and oxygen atoms in total. The summed E-state index contributed by atoms with van der Waals surface area (Å²) in [6, 6.07) is 4.31. The van der Waals surface area contributed by atoms with Gasteiger partial charge in [-0.25, -0.2) is 0 Å². The summed E-state index contributed by atoms with van der Waals surface area (Å²) in [5.41, 5.74) is 5.41. The summed E-state index contributed by atoms with van der Waals surface area (Å²) in [5.74, 6) is 0.733. The number of nitrogens with two attached hydrogens (primary N) is 1. The zero-order chi connectivity index (χ0) is 14.2. The molecule has 7 heteroatoms. The molecule has 128 valence electrons. The van der Waals surface area contributed by atoms with Gasteiger partial charge in [0.15, 0.2) is 0 Å². The molecule has 1 unspecified atom stereocenters. The van der Waals surface area contributed by atoms with Crippen molar-refractivity contribution in [1.29, 1.82) is 0 Å². The van der Waals surface area contributed by atoms with E-state index in [2.05, 4.69) is 27.7 Å². The predicted octanol–water partition coefficient (Wildman–Crippen LogP) is 2.66. The minimum absolute atomic E-state index is 0. The van der Waals surface area contributed by atoms with E-state index in [1.807, 2.05) is 11.3 Å². The Labute approximate surface area is 149 Å². The van der Waals surface area contributed by atoms with Gasteiger partial charge in [-0.15, -0.1) is 36.2 Å². The highest BCUT2D eigenvalue weighted by molar-refractivity contribution is 7.09. The second-order valence-electron chi connectivity index (χ2n) is 5.52. The summed E-state index contributed by atoms with van der Waals surface area (Å²) in [6.45, 7) is 4.72. The van der Waals surface area contributed by atoms with E-state index in [0.29, 0.717) is 18.9 Å². The second kappa shape index (κ2) is 12.1. The monoisotopic (exact) mass is 367 g/mol. The third-order valence-corrected chi connectivity index (χ3v) is 4.62. The van der Waals surface area contributed by atoms with Gasteiger partial charge in [-0.3, -0.25) is 9.69 Å². The second-order valence-corrected chi connectivity index (χ2v) is 6.55. The van der Waals surface area contributed by atoms with Gasteiger partial charge >= 0.3 is 0 Å². The van der Waals surface area contributed by atoms with Crippen LogP contribution >= 0.6 is 36.2 Å². The van der Waals surface area contributed by atoms with Crippen LogP contribution < -0.4 is 11.1 Å². The number of carbonyl (C=O) groups excluding carboxylic acids is 1. The maximum Gasteiger partial charge on any atom is 0.220 e. The highest BCUT2D eigenvalue weighted by Crippen LogP contribution is 2.19. The molecular weight excluding hydrogens is 341 g/mol. The molecule has 0 saturated carbocycles. The third kappa shape index (κ3) is 7.79.